The van der Waals surface area contributed by atoms with Crippen LogP contribution in [0.3, 0.4) is 0 Å². The molecule has 0 aromatic rings. The van der Waals surface area contributed by atoms with E-state index in [9.17, 15) is 0 Å². The summed E-state index contributed by atoms with van der Waals surface area (Å²) in [6.07, 6.45) is 0.287. The smallest absolute Gasteiger partial charge is 0.108 e. The van der Waals surface area contributed by atoms with Gasteiger partial charge in [0.2, 0.25) is 0 Å². The van der Waals surface area contributed by atoms with Gasteiger partial charge >= 0.3 is 0 Å². The van der Waals surface area contributed by atoms with Crippen molar-refractivity contribution in [1.29, 1.82) is 0 Å². The zero-order chi connectivity index (χ0) is 10.6. The Labute approximate surface area is 87.1 Å². The van der Waals surface area contributed by atoms with E-state index in [1.807, 2.05) is 0 Å². The average molecular weight is 198 g/mol. The predicted molar refractivity (Wildman–Crippen MR) is 59.3 cm³/mol. The monoisotopic (exact) mass is 198 g/mol. The molecule has 0 aromatic heterocycles. The molecule has 3 nitrogen and oxygen atoms in total. The summed E-state index contributed by atoms with van der Waals surface area (Å²) in [6.45, 7) is 14.3. The largest absolute Gasteiger partial charge is 0.493 e. The molecule has 1 N–H and O–H groups in total. The van der Waals surface area contributed by atoms with Crippen molar-refractivity contribution < 1.29 is 4.74 Å². The fraction of sp³-hybridized carbons (Fsp3) is 0.818. The fourth-order valence-electron chi connectivity index (χ4n) is 1.72. The van der Waals surface area contributed by atoms with E-state index in [0.717, 1.165) is 31.9 Å². The first-order valence-corrected chi connectivity index (χ1v) is 5.38. The summed E-state index contributed by atoms with van der Waals surface area (Å²) < 4.78 is 5.49. The number of morpholine rings is 1. The van der Waals surface area contributed by atoms with Gasteiger partial charge in [0.05, 0.1) is 6.54 Å². The van der Waals surface area contributed by atoms with Gasteiger partial charge < -0.3 is 10.1 Å². The SMILES string of the molecule is C=C1CN(CCNC(C)C)C[C@@H](C)O1. The zero-order valence-corrected chi connectivity index (χ0v) is 9.55. The molecule has 1 heterocycles. The first kappa shape index (κ1) is 11.5. The number of rotatable bonds is 4. The zero-order valence-electron chi connectivity index (χ0n) is 9.55. The second-order valence-electron chi connectivity index (χ2n) is 4.31. The van der Waals surface area contributed by atoms with Crippen molar-refractivity contribution in [3.63, 3.8) is 0 Å². The standard InChI is InChI=1S/C11H22N2O/c1-9(2)12-5-6-13-7-10(3)14-11(4)8-13/h9,11-12H,3,5-8H2,1-2,4H3/t11-/m1/s1. The second-order valence-corrected chi connectivity index (χ2v) is 4.31. The van der Waals surface area contributed by atoms with Crippen LogP contribution in [0.4, 0.5) is 0 Å². The van der Waals surface area contributed by atoms with E-state index in [1.165, 1.54) is 0 Å². The summed E-state index contributed by atoms with van der Waals surface area (Å²) in [4.78, 5) is 2.38. The quantitative estimate of drug-likeness (QED) is 0.735. The van der Waals surface area contributed by atoms with E-state index in [4.69, 9.17) is 4.74 Å². The number of nitrogens with one attached hydrogen (secondary N) is 1. The van der Waals surface area contributed by atoms with E-state index in [0.29, 0.717) is 6.04 Å². The van der Waals surface area contributed by atoms with Crippen molar-refractivity contribution in [3.05, 3.63) is 12.3 Å². The summed E-state index contributed by atoms with van der Waals surface area (Å²) >= 11 is 0. The maximum Gasteiger partial charge on any atom is 0.108 e. The van der Waals surface area contributed by atoms with Crippen LogP contribution in [0.1, 0.15) is 20.8 Å². The van der Waals surface area contributed by atoms with Crippen molar-refractivity contribution in [2.45, 2.75) is 32.9 Å². The van der Waals surface area contributed by atoms with Gasteiger partial charge in [-0.2, -0.15) is 0 Å². The third-order valence-corrected chi connectivity index (χ3v) is 2.26. The molecule has 1 aliphatic heterocycles. The Morgan fingerprint density at radius 2 is 2.36 bits per heavy atom. The maximum absolute atomic E-state index is 5.49. The number of hydrogen-bond acceptors (Lipinski definition) is 3. The highest BCUT2D eigenvalue weighted by molar-refractivity contribution is 4.92. The maximum atomic E-state index is 5.49. The van der Waals surface area contributed by atoms with Crippen molar-refractivity contribution in [2.24, 2.45) is 0 Å². The van der Waals surface area contributed by atoms with E-state index in [2.05, 4.69) is 37.6 Å². The predicted octanol–water partition coefficient (Wildman–Crippen LogP) is 1.22. The Bertz CT molecular complexity index is 192. The molecular weight excluding hydrogens is 176 g/mol. The van der Waals surface area contributed by atoms with Crippen LogP contribution in [-0.4, -0.2) is 43.2 Å². The molecule has 1 saturated heterocycles. The van der Waals surface area contributed by atoms with Crippen LogP contribution in [-0.2, 0) is 4.74 Å². The minimum absolute atomic E-state index is 0.287. The van der Waals surface area contributed by atoms with Gasteiger partial charge in [-0.25, -0.2) is 0 Å². The van der Waals surface area contributed by atoms with Gasteiger partial charge in [0.15, 0.2) is 0 Å². The molecule has 0 aromatic carbocycles. The number of nitrogens with zero attached hydrogens (tertiary/aromatic N) is 1. The van der Waals surface area contributed by atoms with Gasteiger partial charge in [-0.1, -0.05) is 20.4 Å². The molecule has 0 saturated carbocycles. The van der Waals surface area contributed by atoms with Crippen LogP contribution in [0, 0.1) is 0 Å². The molecule has 0 unspecified atom stereocenters. The first-order valence-electron chi connectivity index (χ1n) is 5.38. The lowest BCUT2D eigenvalue weighted by Crippen LogP contribution is -2.43. The van der Waals surface area contributed by atoms with Gasteiger partial charge in [0.1, 0.15) is 11.9 Å². The molecule has 14 heavy (non-hydrogen) atoms. The molecule has 3 heteroatoms. The lowest BCUT2D eigenvalue weighted by molar-refractivity contribution is 0.0347. The summed E-state index contributed by atoms with van der Waals surface area (Å²) in [5.41, 5.74) is 0. The molecular formula is C11H22N2O. The molecule has 0 radical (unpaired) electrons. The van der Waals surface area contributed by atoms with Crippen molar-refractivity contribution in [3.8, 4) is 0 Å². The molecule has 1 aliphatic rings. The Morgan fingerprint density at radius 1 is 1.64 bits per heavy atom. The summed E-state index contributed by atoms with van der Waals surface area (Å²) in [7, 11) is 0. The Kier molecular flexibility index (Phi) is 4.42. The molecule has 0 bridgehead atoms. The second kappa shape index (κ2) is 5.37. The molecule has 1 atom stereocenters. The minimum Gasteiger partial charge on any atom is -0.493 e. The highest BCUT2D eigenvalue weighted by Crippen LogP contribution is 2.11. The van der Waals surface area contributed by atoms with Gasteiger partial charge in [0, 0.05) is 25.7 Å². The van der Waals surface area contributed by atoms with Crippen LogP contribution in [0.15, 0.2) is 12.3 Å². The van der Waals surface area contributed by atoms with Gasteiger partial charge in [-0.15, -0.1) is 0 Å². The van der Waals surface area contributed by atoms with E-state index >= 15 is 0 Å². The summed E-state index contributed by atoms with van der Waals surface area (Å²) in [6, 6.07) is 0.566. The van der Waals surface area contributed by atoms with E-state index < -0.39 is 0 Å². The molecule has 1 rings (SSSR count). The van der Waals surface area contributed by atoms with Crippen molar-refractivity contribution in [2.75, 3.05) is 26.2 Å². The Morgan fingerprint density at radius 3 is 2.93 bits per heavy atom. The Hall–Kier alpha value is -0.540. The van der Waals surface area contributed by atoms with Crippen LogP contribution in [0.5, 0.6) is 0 Å². The normalized spacial score (nSPS) is 24.0. The van der Waals surface area contributed by atoms with Crippen LogP contribution < -0.4 is 5.32 Å². The Balaban J connectivity index is 2.20. The van der Waals surface area contributed by atoms with Gasteiger partial charge in [-0.05, 0) is 6.92 Å². The molecule has 82 valence electrons. The molecule has 0 aliphatic carbocycles. The molecule has 0 amide bonds. The summed E-state index contributed by atoms with van der Waals surface area (Å²) in [5.74, 6) is 0.897. The molecule has 1 fully saturated rings. The molecule has 0 spiro atoms. The number of hydrogen-bond donors (Lipinski definition) is 1. The van der Waals surface area contributed by atoms with Crippen molar-refractivity contribution in [1.82, 2.24) is 10.2 Å². The van der Waals surface area contributed by atoms with E-state index in [-0.39, 0.29) is 6.10 Å². The van der Waals surface area contributed by atoms with Gasteiger partial charge in [-0.3, -0.25) is 4.90 Å². The van der Waals surface area contributed by atoms with E-state index in [1.54, 1.807) is 0 Å². The lowest BCUT2D eigenvalue weighted by Gasteiger charge is -2.33. The third kappa shape index (κ3) is 4.11. The highest BCUT2D eigenvalue weighted by atomic mass is 16.5. The third-order valence-electron chi connectivity index (χ3n) is 2.26. The fourth-order valence-corrected chi connectivity index (χ4v) is 1.72. The highest BCUT2D eigenvalue weighted by Gasteiger charge is 2.18. The van der Waals surface area contributed by atoms with Crippen LogP contribution in [0.25, 0.3) is 0 Å². The first-order chi connectivity index (χ1) is 6.58. The van der Waals surface area contributed by atoms with Gasteiger partial charge in [0.25, 0.3) is 0 Å². The summed E-state index contributed by atoms with van der Waals surface area (Å²) in [5, 5.41) is 3.41. The minimum atomic E-state index is 0.287. The van der Waals surface area contributed by atoms with Crippen molar-refractivity contribution >= 4 is 0 Å². The topological polar surface area (TPSA) is 24.5 Å². The van der Waals surface area contributed by atoms with Crippen LogP contribution in [0.2, 0.25) is 0 Å². The number of ether oxygens (including phenoxy) is 1. The lowest BCUT2D eigenvalue weighted by atomic mass is 10.2. The van der Waals surface area contributed by atoms with Crippen LogP contribution >= 0.6 is 0 Å². The average Bonchev–Trinajstić information content (AvgIpc) is 2.01.